The normalized spacial score (nSPS) is 13.5. The number of hydrogen-bond donors (Lipinski definition) is 1. The first-order valence-corrected chi connectivity index (χ1v) is 6.23. The number of rotatable bonds is 3. The summed E-state index contributed by atoms with van der Waals surface area (Å²) in [5.74, 6) is 1.38. The highest BCUT2D eigenvalue weighted by atomic mass is 16.7. The monoisotopic (exact) mass is 264 g/mol. The van der Waals surface area contributed by atoms with E-state index in [0.717, 1.165) is 17.0 Å². The number of amides is 1. The lowest BCUT2D eigenvalue weighted by Crippen LogP contribution is -2.40. The van der Waals surface area contributed by atoms with Crippen molar-refractivity contribution in [3.8, 4) is 11.5 Å². The SMILES string of the molecule is Cc1cc2c(cc1N(C)C(=O)CC(C)(C)N)OCO2. The predicted molar refractivity (Wildman–Crippen MR) is 73.6 cm³/mol. The highest BCUT2D eigenvalue weighted by Gasteiger charge is 2.23. The largest absolute Gasteiger partial charge is 0.454 e. The number of hydrogen-bond acceptors (Lipinski definition) is 4. The first kappa shape index (κ1) is 13.7. The molecule has 0 fully saturated rings. The van der Waals surface area contributed by atoms with Gasteiger partial charge in [0.1, 0.15) is 0 Å². The van der Waals surface area contributed by atoms with E-state index in [9.17, 15) is 4.79 Å². The second-order valence-electron chi connectivity index (χ2n) is 5.61. The Kier molecular flexibility index (Phi) is 3.41. The van der Waals surface area contributed by atoms with Crippen LogP contribution in [0.25, 0.3) is 0 Å². The van der Waals surface area contributed by atoms with Crippen molar-refractivity contribution >= 4 is 11.6 Å². The number of carbonyl (C=O) groups is 1. The first-order valence-electron chi connectivity index (χ1n) is 6.23. The van der Waals surface area contributed by atoms with Gasteiger partial charge in [0, 0.05) is 25.1 Å². The van der Waals surface area contributed by atoms with Crippen LogP contribution in [0.2, 0.25) is 0 Å². The molecule has 1 aliphatic heterocycles. The van der Waals surface area contributed by atoms with Crippen LogP contribution in [-0.2, 0) is 4.79 Å². The molecular weight excluding hydrogens is 244 g/mol. The molecule has 19 heavy (non-hydrogen) atoms. The van der Waals surface area contributed by atoms with E-state index in [1.165, 1.54) is 0 Å². The molecule has 0 aromatic heterocycles. The van der Waals surface area contributed by atoms with Gasteiger partial charge in [-0.3, -0.25) is 4.79 Å². The molecule has 104 valence electrons. The smallest absolute Gasteiger partial charge is 0.231 e. The van der Waals surface area contributed by atoms with E-state index in [0.29, 0.717) is 5.75 Å². The maximum Gasteiger partial charge on any atom is 0.231 e. The number of carbonyl (C=O) groups excluding carboxylic acids is 1. The van der Waals surface area contributed by atoms with Crippen LogP contribution in [0.1, 0.15) is 25.8 Å². The molecular formula is C14H20N2O3. The van der Waals surface area contributed by atoms with Crippen LogP contribution in [0.3, 0.4) is 0 Å². The zero-order valence-corrected chi connectivity index (χ0v) is 11.8. The average Bonchev–Trinajstić information content (AvgIpc) is 2.71. The Balaban J connectivity index is 2.24. The van der Waals surface area contributed by atoms with Crippen molar-refractivity contribution in [1.82, 2.24) is 0 Å². The molecule has 1 amide bonds. The molecule has 0 spiro atoms. The standard InChI is InChI=1S/C14H20N2O3/c1-9-5-11-12(19-8-18-11)6-10(9)16(4)13(17)7-14(2,3)15/h5-6H,7-8,15H2,1-4H3. The third kappa shape index (κ3) is 2.98. The third-order valence-electron chi connectivity index (χ3n) is 3.03. The summed E-state index contributed by atoms with van der Waals surface area (Å²) in [5, 5.41) is 0. The molecule has 0 saturated carbocycles. The van der Waals surface area contributed by atoms with Crippen molar-refractivity contribution in [3.63, 3.8) is 0 Å². The number of nitrogens with two attached hydrogens (primary N) is 1. The van der Waals surface area contributed by atoms with Crippen LogP contribution in [-0.4, -0.2) is 25.3 Å². The van der Waals surface area contributed by atoms with Gasteiger partial charge in [-0.1, -0.05) is 0 Å². The molecule has 0 aliphatic carbocycles. The molecule has 0 atom stereocenters. The van der Waals surface area contributed by atoms with Gasteiger partial charge in [-0.25, -0.2) is 0 Å². The molecule has 2 N–H and O–H groups in total. The van der Waals surface area contributed by atoms with Crippen LogP contribution in [0.15, 0.2) is 12.1 Å². The summed E-state index contributed by atoms with van der Waals surface area (Å²) in [4.78, 5) is 13.8. The Bertz CT molecular complexity index is 506. The van der Waals surface area contributed by atoms with E-state index in [1.54, 1.807) is 11.9 Å². The van der Waals surface area contributed by atoms with Crippen molar-refractivity contribution < 1.29 is 14.3 Å². The van der Waals surface area contributed by atoms with Gasteiger partial charge < -0.3 is 20.1 Å². The molecule has 0 saturated heterocycles. The summed E-state index contributed by atoms with van der Waals surface area (Å²) in [6.07, 6.45) is 0.289. The van der Waals surface area contributed by atoms with Crippen molar-refractivity contribution in [2.45, 2.75) is 32.7 Å². The molecule has 5 nitrogen and oxygen atoms in total. The fourth-order valence-corrected chi connectivity index (χ4v) is 2.04. The van der Waals surface area contributed by atoms with Crippen molar-refractivity contribution in [2.75, 3.05) is 18.7 Å². The lowest BCUT2D eigenvalue weighted by molar-refractivity contribution is -0.119. The van der Waals surface area contributed by atoms with Crippen LogP contribution < -0.4 is 20.1 Å². The summed E-state index contributed by atoms with van der Waals surface area (Å²) in [6, 6.07) is 3.72. The maximum absolute atomic E-state index is 12.2. The molecule has 1 aromatic rings. The Morgan fingerprint density at radius 1 is 1.37 bits per heavy atom. The topological polar surface area (TPSA) is 64.8 Å². The van der Waals surface area contributed by atoms with Gasteiger partial charge in [0.15, 0.2) is 11.5 Å². The fraction of sp³-hybridized carbons (Fsp3) is 0.500. The summed E-state index contributed by atoms with van der Waals surface area (Å²) in [5.41, 5.74) is 7.16. The fourth-order valence-electron chi connectivity index (χ4n) is 2.04. The predicted octanol–water partition coefficient (Wildman–Crippen LogP) is 1.81. The molecule has 0 radical (unpaired) electrons. The summed E-state index contributed by atoms with van der Waals surface area (Å²) in [7, 11) is 1.75. The summed E-state index contributed by atoms with van der Waals surface area (Å²) in [6.45, 7) is 5.84. The quantitative estimate of drug-likeness (QED) is 0.904. The van der Waals surface area contributed by atoms with Crippen LogP contribution in [0, 0.1) is 6.92 Å². The van der Waals surface area contributed by atoms with E-state index < -0.39 is 5.54 Å². The minimum Gasteiger partial charge on any atom is -0.454 e. The maximum atomic E-state index is 12.2. The number of anilines is 1. The first-order chi connectivity index (χ1) is 8.78. The zero-order chi connectivity index (χ0) is 14.2. The van der Waals surface area contributed by atoms with E-state index in [4.69, 9.17) is 15.2 Å². The molecule has 1 aliphatic rings. The van der Waals surface area contributed by atoms with Crippen LogP contribution in [0.5, 0.6) is 11.5 Å². The molecule has 0 unspecified atom stereocenters. The number of aryl methyl sites for hydroxylation is 1. The molecule has 2 rings (SSSR count). The number of benzene rings is 1. The lowest BCUT2D eigenvalue weighted by Gasteiger charge is -2.24. The van der Waals surface area contributed by atoms with Gasteiger partial charge >= 0.3 is 0 Å². The third-order valence-corrected chi connectivity index (χ3v) is 3.03. The van der Waals surface area contributed by atoms with Gasteiger partial charge in [0.25, 0.3) is 0 Å². The average molecular weight is 264 g/mol. The summed E-state index contributed by atoms with van der Waals surface area (Å²) >= 11 is 0. The number of ether oxygens (including phenoxy) is 2. The zero-order valence-electron chi connectivity index (χ0n) is 11.8. The van der Waals surface area contributed by atoms with Gasteiger partial charge in [0.05, 0.1) is 5.69 Å². The van der Waals surface area contributed by atoms with Crippen molar-refractivity contribution in [2.24, 2.45) is 5.73 Å². The lowest BCUT2D eigenvalue weighted by atomic mass is 10.0. The van der Waals surface area contributed by atoms with E-state index >= 15 is 0 Å². The summed E-state index contributed by atoms with van der Waals surface area (Å²) < 4.78 is 10.6. The van der Waals surface area contributed by atoms with Crippen LogP contribution in [0.4, 0.5) is 5.69 Å². The van der Waals surface area contributed by atoms with Gasteiger partial charge in [-0.05, 0) is 32.4 Å². The Labute approximate surface area is 113 Å². The Morgan fingerprint density at radius 3 is 2.53 bits per heavy atom. The Hall–Kier alpha value is -1.75. The van der Waals surface area contributed by atoms with E-state index in [1.807, 2.05) is 32.9 Å². The molecule has 1 heterocycles. The highest BCUT2D eigenvalue weighted by Crippen LogP contribution is 2.38. The van der Waals surface area contributed by atoms with Gasteiger partial charge in [-0.15, -0.1) is 0 Å². The van der Waals surface area contributed by atoms with Crippen molar-refractivity contribution in [3.05, 3.63) is 17.7 Å². The molecule has 5 heteroatoms. The van der Waals surface area contributed by atoms with Gasteiger partial charge in [0.2, 0.25) is 12.7 Å². The number of fused-ring (bicyclic) bond motifs is 1. The van der Waals surface area contributed by atoms with E-state index in [-0.39, 0.29) is 19.1 Å². The Morgan fingerprint density at radius 2 is 1.95 bits per heavy atom. The van der Waals surface area contributed by atoms with Crippen molar-refractivity contribution in [1.29, 1.82) is 0 Å². The molecule has 0 bridgehead atoms. The second-order valence-corrected chi connectivity index (χ2v) is 5.61. The minimum atomic E-state index is -0.518. The highest BCUT2D eigenvalue weighted by molar-refractivity contribution is 5.94. The number of nitrogens with zero attached hydrogens (tertiary/aromatic N) is 1. The van der Waals surface area contributed by atoms with Crippen LogP contribution >= 0.6 is 0 Å². The van der Waals surface area contributed by atoms with E-state index in [2.05, 4.69) is 0 Å². The minimum absolute atomic E-state index is 0.0190. The molecule has 1 aromatic carbocycles. The second kappa shape index (κ2) is 4.74. The van der Waals surface area contributed by atoms with Gasteiger partial charge in [-0.2, -0.15) is 0 Å².